The molecule has 0 saturated carbocycles. The normalized spacial score (nSPS) is 9.50. The van der Waals surface area contributed by atoms with Crippen molar-refractivity contribution in [2.75, 3.05) is 0 Å². The number of hydrogen-bond acceptors (Lipinski definition) is 5. The van der Waals surface area contributed by atoms with E-state index in [1.165, 1.54) is 18.3 Å². The lowest BCUT2D eigenvalue weighted by atomic mass is 10.4. The molecule has 2 rings (SSSR count). The summed E-state index contributed by atoms with van der Waals surface area (Å²) in [5.41, 5.74) is 7.27. The van der Waals surface area contributed by atoms with Crippen LogP contribution < -0.4 is 0 Å². The number of aromatic hydroxyl groups is 2. The van der Waals surface area contributed by atoms with Gasteiger partial charge in [-0.3, -0.25) is 0 Å². The highest BCUT2D eigenvalue weighted by atomic mass is 35.5. The molecule has 0 radical (unpaired) electrons. The lowest BCUT2D eigenvalue weighted by Gasteiger charge is -2.07. The van der Waals surface area contributed by atoms with Gasteiger partial charge in [-0.2, -0.15) is 0 Å². The minimum atomic E-state index is -0.134. The van der Waals surface area contributed by atoms with E-state index in [9.17, 15) is 10.2 Å². The molecule has 0 aromatic carbocycles. The van der Waals surface area contributed by atoms with Crippen molar-refractivity contribution in [3.8, 4) is 17.4 Å². The number of halogens is 1. The average Bonchev–Trinajstić information content (AvgIpc) is 2.59. The van der Waals surface area contributed by atoms with E-state index in [0.29, 0.717) is 5.69 Å². The maximum absolute atomic E-state index is 9.48. The molecule has 7 heteroatoms. The first-order chi connectivity index (χ1) is 7.24. The van der Waals surface area contributed by atoms with Gasteiger partial charge in [-0.25, -0.2) is 15.1 Å². The first kappa shape index (κ1) is 12.0. The molecule has 0 unspecified atom stereocenters. The van der Waals surface area contributed by atoms with Gasteiger partial charge < -0.3 is 10.2 Å². The fraction of sp³-hybridized carbons (Fsp3) is 0. The van der Waals surface area contributed by atoms with Crippen LogP contribution in [0.25, 0.3) is 5.69 Å². The van der Waals surface area contributed by atoms with Gasteiger partial charge >= 0.3 is 0 Å². The van der Waals surface area contributed by atoms with E-state index in [1.54, 1.807) is 12.1 Å². The Hall–Kier alpha value is -2.08. The lowest BCUT2D eigenvalue weighted by Crippen LogP contribution is -1.93. The highest BCUT2D eigenvalue weighted by molar-refractivity contribution is 5.85. The third-order valence-electron chi connectivity index (χ3n) is 1.95. The first-order valence-corrected chi connectivity index (χ1v) is 4.16. The van der Waals surface area contributed by atoms with Crippen molar-refractivity contribution in [1.29, 1.82) is 5.53 Å². The summed E-state index contributed by atoms with van der Waals surface area (Å²) in [4.78, 5) is 3.84. The van der Waals surface area contributed by atoms with Crippen molar-refractivity contribution < 1.29 is 10.2 Å². The van der Waals surface area contributed by atoms with Crippen LogP contribution in [0.4, 0.5) is 5.82 Å². The second-order valence-electron chi connectivity index (χ2n) is 2.84. The molecule has 0 spiro atoms. The standard InChI is InChI=1S/C9H8N4O2.ClH/c10-12-9-6(2-1-5-11-9)13-7(14)3-4-8(13)15;/h1-5,10,14-15H;1H. The van der Waals surface area contributed by atoms with Crippen LogP contribution in [-0.4, -0.2) is 19.8 Å². The zero-order chi connectivity index (χ0) is 10.8. The topological polar surface area (TPSA) is 94.5 Å². The summed E-state index contributed by atoms with van der Waals surface area (Å²) in [5, 5.41) is 22.2. The van der Waals surface area contributed by atoms with E-state index < -0.39 is 0 Å². The van der Waals surface area contributed by atoms with E-state index in [0.717, 1.165) is 4.57 Å². The molecule has 16 heavy (non-hydrogen) atoms. The van der Waals surface area contributed by atoms with Crippen LogP contribution in [0, 0.1) is 5.53 Å². The van der Waals surface area contributed by atoms with Crippen molar-refractivity contribution in [3.63, 3.8) is 0 Å². The quantitative estimate of drug-likeness (QED) is 0.703. The fourth-order valence-corrected chi connectivity index (χ4v) is 1.31. The maximum atomic E-state index is 9.48. The molecule has 0 amide bonds. The predicted octanol–water partition coefficient (Wildman–Crippen LogP) is 2.37. The third-order valence-corrected chi connectivity index (χ3v) is 1.95. The molecule has 2 aromatic rings. The van der Waals surface area contributed by atoms with Gasteiger partial charge in [0.05, 0.1) is 5.69 Å². The Bertz CT molecular complexity index is 492. The van der Waals surface area contributed by atoms with E-state index >= 15 is 0 Å². The average molecular weight is 241 g/mol. The predicted molar refractivity (Wildman–Crippen MR) is 58.9 cm³/mol. The molecule has 0 fully saturated rings. The van der Waals surface area contributed by atoms with Gasteiger partial charge in [-0.15, -0.1) is 17.5 Å². The van der Waals surface area contributed by atoms with Crippen LogP contribution in [0.5, 0.6) is 11.8 Å². The first-order valence-electron chi connectivity index (χ1n) is 4.16. The zero-order valence-electron chi connectivity index (χ0n) is 8.03. The van der Waals surface area contributed by atoms with Crippen LogP contribution in [-0.2, 0) is 0 Å². The number of pyridine rings is 1. The Morgan fingerprint density at radius 2 is 1.81 bits per heavy atom. The van der Waals surface area contributed by atoms with Crippen molar-refractivity contribution in [2.24, 2.45) is 5.11 Å². The Morgan fingerprint density at radius 1 is 1.19 bits per heavy atom. The maximum Gasteiger partial charge on any atom is 0.198 e. The molecule has 0 aliphatic rings. The van der Waals surface area contributed by atoms with Gasteiger partial charge in [0.2, 0.25) is 0 Å². The molecular formula is C9H9ClN4O2. The van der Waals surface area contributed by atoms with E-state index in [1.807, 2.05) is 0 Å². The fourth-order valence-electron chi connectivity index (χ4n) is 1.31. The van der Waals surface area contributed by atoms with Gasteiger partial charge in [-0.1, -0.05) is 0 Å². The second kappa shape index (κ2) is 4.63. The number of hydrogen-bond donors (Lipinski definition) is 3. The monoisotopic (exact) mass is 240 g/mol. The van der Waals surface area contributed by atoms with Crippen LogP contribution in [0.2, 0.25) is 0 Å². The molecule has 2 aromatic heterocycles. The van der Waals surface area contributed by atoms with Crippen LogP contribution >= 0.6 is 12.4 Å². The van der Waals surface area contributed by atoms with E-state index in [4.69, 9.17) is 5.53 Å². The lowest BCUT2D eigenvalue weighted by molar-refractivity contribution is 0.402. The van der Waals surface area contributed by atoms with Gasteiger partial charge in [-0.05, 0) is 12.1 Å². The number of rotatable bonds is 2. The highest BCUT2D eigenvalue weighted by Crippen LogP contribution is 2.30. The molecule has 0 bridgehead atoms. The SMILES string of the molecule is Cl.N=Nc1ncccc1-n1c(O)ccc1O. The molecule has 6 nitrogen and oxygen atoms in total. The second-order valence-corrected chi connectivity index (χ2v) is 2.84. The smallest absolute Gasteiger partial charge is 0.198 e. The molecule has 84 valence electrons. The minimum Gasteiger partial charge on any atom is -0.494 e. The molecule has 2 heterocycles. The van der Waals surface area contributed by atoms with E-state index in [-0.39, 0.29) is 30.0 Å². The molecule has 0 saturated heterocycles. The molecular weight excluding hydrogens is 232 g/mol. The van der Waals surface area contributed by atoms with Gasteiger partial charge in [0, 0.05) is 18.3 Å². The summed E-state index contributed by atoms with van der Waals surface area (Å²) < 4.78 is 1.15. The Morgan fingerprint density at radius 3 is 2.38 bits per heavy atom. The molecule has 0 aliphatic heterocycles. The summed E-state index contributed by atoms with van der Waals surface area (Å²) in [7, 11) is 0. The molecule has 0 atom stereocenters. The summed E-state index contributed by atoms with van der Waals surface area (Å²) in [6.45, 7) is 0. The van der Waals surface area contributed by atoms with Crippen LogP contribution in [0.3, 0.4) is 0 Å². The Labute approximate surface area is 97.1 Å². The molecule has 3 N–H and O–H groups in total. The Balaban J connectivity index is 0.00000128. The van der Waals surface area contributed by atoms with Gasteiger partial charge in [0.1, 0.15) is 0 Å². The number of aromatic nitrogens is 2. The number of nitrogens with zero attached hydrogens (tertiary/aromatic N) is 3. The van der Waals surface area contributed by atoms with Crippen molar-refractivity contribution >= 4 is 18.2 Å². The van der Waals surface area contributed by atoms with Crippen molar-refractivity contribution in [2.45, 2.75) is 0 Å². The Kier molecular flexibility index (Phi) is 3.47. The van der Waals surface area contributed by atoms with Gasteiger partial charge in [0.15, 0.2) is 17.6 Å². The van der Waals surface area contributed by atoms with Crippen molar-refractivity contribution in [1.82, 2.24) is 9.55 Å². The molecule has 0 aliphatic carbocycles. The van der Waals surface area contributed by atoms with Crippen LogP contribution in [0.1, 0.15) is 0 Å². The highest BCUT2D eigenvalue weighted by Gasteiger charge is 2.12. The minimum absolute atomic E-state index is 0. The van der Waals surface area contributed by atoms with Gasteiger partial charge in [0.25, 0.3) is 0 Å². The van der Waals surface area contributed by atoms with Crippen molar-refractivity contribution in [3.05, 3.63) is 30.5 Å². The summed E-state index contributed by atoms with van der Waals surface area (Å²) in [5.74, 6) is -0.143. The van der Waals surface area contributed by atoms with E-state index in [2.05, 4.69) is 10.1 Å². The zero-order valence-corrected chi connectivity index (χ0v) is 8.85. The van der Waals surface area contributed by atoms with Crippen LogP contribution in [0.15, 0.2) is 35.6 Å². The largest absolute Gasteiger partial charge is 0.494 e. The third kappa shape index (κ3) is 1.82. The summed E-state index contributed by atoms with van der Waals surface area (Å²) in [6, 6.07) is 5.91. The number of nitrogens with one attached hydrogen (secondary N) is 1. The summed E-state index contributed by atoms with van der Waals surface area (Å²) in [6.07, 6.45) is 1.48. The summed E-state index contributed by atoms with van der Waals surface area (Å²) >= 11 is 0.